The minimum atomic E-state index is -4.13. The van der Waals surface area contributed by atoms with Crippen molar-refractivity contribution in [1.82, 2.24) is 0 Å². The predicted octanol–water partition coefficient (Wildman–Crippen LogP) is 0.844. The van der Waals surface area contributed by atoms with E-state index in [4.69, 9.17) is 9.84 Å². The molecule has 0 rings (SSSR count). The van der Waals surface area contributed by atoms with Gasteiger partial charge >= 0.3 is 13.8 Å². The zero-order valence-electron chi connectivity index (χ0n) is 10.00. The summed E-state index contributed by atoms with van der Waals surface area (Å²) in [5, 5.41) is 8.87. The van der Waals surface area contributed by atoms with Crippen LogP contribution in [-0.4, -0.2) is 41.9 Å². The van der Waals surface area contributed by atoms with Gasteiger partial charge in [0.25, 0.3) is 0 Å². The highest BCUT2D eigenvalue weighted by Crippen LogP contribution is 2.43. The predicted molar refractivity (Wildman–Crippen MR) is 59.3 cm³/mol. The molecular formula is C9H19O7P. The summed E-state index contributed by atoms with van der Waals surface area (Å²) < 4.78 is 25.1. The lowest BCUT2D eigenvalue weighted by Crippen LogP contribution is -2.26. The molecule has 17 heavy (non-hydrogen) atoms. The standard InChI is InChI=1S/C9H19O7P/c1-3-5-14-17(12,13)15-7-8(6-10)16-9(11)4-2/h8,10H,3-7H2,1-2H3,(H,12,13). The fourth-order valence-electron chi connectivity index (χ4n) is 0.814. The van der Waals surface area contributed by atoms with Crippen LogP contribution in [-0.2, 0) is 23.1 Å². The number of aliphatic hydroxyl groups excluding tert-OH is 1. The number of phosphoric ester groups is 1. The van der Waals surface area contributed by atoms with Crippen molar-refractivity contribution in [3.63, 3.8) is 0 Å². The maximum Gasteiger partial charge on any atom is 0.472 e. The summed E-state index contributed by atoms with van der Waals surface area (Å²) in [5.74, 6) is -0.519. The molecule has 0 bridgehead atoms. The lowest BCUT2D eigenvalue weighted by atomic mass is 10.4. The Hall–Kier alpha value is -0.460. The van der Waals surface area contributed by atoms with Gasteiger partial charge in [0.15, 0.2) is 0 Å². The SMILES string of the molecule is CCCOP(=O)(O)OCC(CO)OC(=O)CC. The molecule has 2 unspecified atom stereocenters. The van der Waals surface area contributed by atoms with Crippen molar-refractivity contribution in [1.29, 1.82) is 0 Å². The number of carbonyl (C=O) groups is 1. The van der Waals surface area contributed by atoms with Gasteiger partial charge in [-0.1, -0.05) is 13.8 Å². The van der Waals surface area contributed by atoms with Gasteiger partial charge in [0, 0.05) is 6.42 Å². The smallest absolute Gasteiger partial charge is 0.457 e. The minimum Gasteiger partial charge on any atom is -0.457 e. The summed E-state index contributed by atoms with van der Waals surface area (Å²) in [4.78, 5) is 20.1. The zero-order valence-corrected chi connectivity index (χ0v) is 10.9. The van der Waals surface area contributed by atoms with Gasteiger partial charge in [0.2, 0.25) is 0 Å². The molecule has 0 heterocycles. The van der Waals surface area contributed by atoms with E-state index in [9.17, 15) is 14.3 Å². The number of esters is 1. The Kier molecular flexibility index (Phi) is 8.37. The molecule has 0 aromatic carbocycles. The van der Waals surface area contributed by atoms with E-state index in [1.165, 1.54) is 0 Å². The Morgan fingerprint density at radius 3 is 2.47 bits per heavy atom. The number of rotatable bonds is 9. The highest BCUT2D eigenvalue weighted by molar-refractivity contribution is 7.47. The molecule has 0 fully saturated rings. The summed E-state index contributed by atoms with van der Waals surface area (Å²) in [6.45, 7) is 2.59. The van der Waals surface area contributed by atoms with Crippen LogP contribution >= 0.6 is 7.82 Å². The molecule has 0 aromatic heterocycles. The molecule has 102 valence electrons. The molecule has 0 aliphatic rings. The third kappa shape index (κ3) is 8.29. The summed E-state index contributed by atoms with van der Waals surface area (Å²) >= 11 is 0. The fourth-order valence-corrected chi connectivity index (χ4v) is 1.66. The highest BCUT2D eigenvalue weighted by Gasteiger charge is 2.24. The van der Waals surface area contributed by atoms with Crippen LogP contribution in [0.3, 0.4) is 0 Å². The number of hydrogen-bond donors (Lipinski definition) is 2. The van der Waals surface area contributed by atoms with E-state index in [-0.39, 0.29) is 19.6 Å². The van der Waals surface area contributed by atoms with Crippen LogP contribution in [0.1, 0.15) is 26.7 Å². The number of phosphoric acid groups is 1. The first-order valence-corrected chi connectivity index (χ1v) is 6.86. The van der Waals surface area contributed by atoms with E-state index in [1.807, 2.05) is 0 Å². The molecule has 2 atom stereocenters. The first-order valence-electron chi connectivity index (χ1n) is 5.37. The van der Waals surface area contributed by atoms with Gasteiger partial charge in [0.05, 0.1) is 19.8 Å². The minimum absolute atomic E-state index is 0.0896. The molecule has 2 N–H and O–H groups in total. The Morgan fingerprint density at radius 2 is 2.00 bits per heavy atom. The number of carbonyl (C=O) groups excluding carboxylic acids is 1. The van der Waals surface area contributed by atoms with Gasteiger partial charge in [-0.2, -0.15) is 0 Å². The Morgan fingerprint density at radius 1 is 1.35 bits per heavy atom. The Bertz CT molecular complexity index is 268. The van der Waals surface area contributed by atoms with Crippen LogP contribution in [0.2, 0.25) is 0 Å². The molecule has 8 heteroatoms. The molecular weight excluding hydrogens is 251 g/mol. The van der Waals surface area contributed by atoms with Gasteiger partial charge in [-0.05, 0) is 6.42 Å². The van der Waals surface area contributed by atoms with E-state index >= 15 is 0 Å². The average Bonchev–Trinajstić information content (AvgIpc) is 2.31. The Balaban J connectivity index is 4.04. The van der Waals surface area contributed by atoms with E-state index in [0.717, 1.165) is 0 Å². The van der Waals surface area contributed by atoms with Crippen molar-refractivity contribution >= 4 is 13.8 Å². The number of ether oxygens (including phenoxy) is 1. The third-order valence-electron chi connectivity index (χ3n) is 1.67. The Labute approximate surface area is 100 Å². The van der Waals surface area contributed by atoms with Gasteiger partial charge in [0.1, 0.15) is 6.10 Å². The maximum atomic E-state index is 11.2. The first-order chi connectivity index (χ1) is 7.95. The molecule has 0 saturated carbocycles. The molecule has 0 aromatic rings. The van der Waals surface area contributed by atoms with Gasteiger partial charge in [-0.25, -0.2) is 4.57 Å². The first kappa shape index (κ1) is 16.5. The van der Waals surface area contributed by atoms with Crippen LogP contribution in [0.5, 0.6) is 0 Å². The topological polar surface area (TPSA) is 102 Å². The lowest BCUT2D eigenvalue weighted by molar-refractivity contribution is -0.152. The molecule has 7 nitrogen and oxygen atoms in total. The normalized spacial score (nSPS) is 16.2. The second kappa shape index (κ2) is 8.60. The molecule has 0 saturated heterocycles. The van der Waals surface area contributed by atoms with Gasteiger partial charge in [-0.15, -0.1) is 0 Å². The summed E-state index contributed by atoms with van der Waals surface area (Å²) in [6, 6.07) is 0. The fraction of sp³-hybridized carbons (Fsp3) is 0.889. The highest BCUT2D eigenvalue weighted by atomic mass is 31.2. The number of aliphatic hydroxyl groups is 1. The average molecular weight is 270 g/mol. The monoisotopic (exact) mass is 270 g/mol. The van der Waals surface area contributed by atoms with E-state index in [2.05, 4.69) is 9.05 Å². The molecule has 0 aliphatic heterocycles. The van der Waals surface area contributed by atoms with Crippen molar-refractivity contribution < 1.29 is 33.1 Å². The zero-order chi connectivity index (χ0) is 13.3. The number of hydrogen-bond acceptors (Lipinski definition) is 6. The van der Waals surface area contributed by atoms with Crippen LogP contribution in [0, 0.1) is 0 Å². The lowest BCUT2D eigenvalue weighted by Gasteiger charge is -2.17. The van der Waals surface area contributed by atoms with Crippen molar-refractivity contribution in [2.24, 2.45) is 0 Å². The molecule has 0 radical (unpaired) electrons. The second-order valence-electron chi connectivity index (χ2n) is 3.25. The van der Waals surface area contributed by atoms with Crippen molar-refractivity contribution in [3.05, 3.63) is 0 Å². The van der Waals surface area contributed by atoms with Crippen LogP contribution in [0.15, 0.2) is 0 Å². The largest absolute Gasteiger partial charge is 0.472 e. The van der Waals surface area contributed by atoms with Crippen molar-refractivity contribution in [2.75, 3.05) is 19.8 Å². The van der Waals surface area contributed by atoms with Gasteiger partial charge < -0.3 is 14.7 Å². The quantitative estimate of drug-likeness (QED) is 0.472. The van der Waals surface area contributed by atoms with E-state index in [0.29, 0.717) is 6.42 Å². The molecule has 0 aliphatic carbocycles. The summed E-state index contributed by atoms with van der Waals surface area (Å²) in [6.07, 6.45) is -0.241. The molecule has 0 amide bonds. The van der Waals surface area contributed by atoms with Crippen molar-refractivity contribution in [2.45, 2.75) is 32.8 Å². The van der Waals surface area contributed by atoms with E-state index in [1.54, 1.807) is 13.8 Å². The summed E-state index contributed by atoms with van der Waals surface area (Å²) in [7, 11) is -4.13. The third-order valence-corrected chi connectivity index (χ3v) is 2.66. The summed E-state index contributed by atoms with van der Waals surface area (Å²) in [5.41, 5.74) is 0. The van der Waals surface area contributed by atoms with Crippen LogP contribution < -0.4 is 0 Å². The van der Waals surface area contributed by atoms with Crippen LogP contribution in [0.4, 0.5) is 0 Å². The van der Waals surface area contributed by atoms with Crippen molar-refractivity contribution in [3.8, 4) is 0 Å². The second-order valence-corrected chi connectivity index (χ2v) is 4.70. The molecule has 0 spiro atoms. The maximum absolute atomic E-state index is 11.2. The van der Waals surface area contributed by atoms with E-state index < -0.39 is 26.5 Å². The van der Waals surface area contributed by atoms with Crippen LogP contribution in [0.25, 0.3) is 0 Å². The van der Waals surface area contributed by atoms with Gasteiger partial charge in [-0.3, -0.25) is 13.8 Å².